The average Bonchev–Trinajstić information content (AvgIpc) is 2.57. The Morgan fingerprint density at radius 2 is 1.83 bits per heavy atom. The highest BCUT2D eigenvalue weighted by atomic mass is 35.5. The lowest BCUT2D eigenvalue weighted by Crippen LogP contribution is -2.44. The molecule has 1 aliphatic rings. The molecule has 3 N–H and O–H groups in total. The Hall–Kier alpha value is -0.320. The highest BCUT2D eigenvalue weighted by molar-refractivity contribution is 5.85. The molecule has 18 heavy (non-hydrogen) atoms. The molecule has 0 aromatic heterocycles. The van der Waals surface area contributed by atoms with Gasteiger partial charge >= 0.3 is 0 Å². The third-order valence-corrected chi connectivity index (χ3v) is 3.31. The van der Waals surface area contributed by atoms with Crippen LogP contribution in [0.15, 0.2) is 0 Å². The van der Waals surface area contributed by atoms with Crippen molar-refractivity contribution in [2.24, 2.45) is 5.73 Å². The number of carbonyl (C=O) groups is 1. The van der Waals surface area contributed by atoms with Crippen LogP contribution in [0, 0.1) is 0 Å². The molecule has 0 aliphatic heterocycles. The maximum Gasteiger partial charge on any atom is 0.249 e. The van der Waals surface area contributed by atoms with Crippen molar-refractivity contribution in [3.63, 3.8) is 0 Å². The zero-order chi connectivity index (χ0) is 12.7. The van der Waals surface area contributed by atoms with Gasteiger partial charge in [-0.2, -0.15) is 0 Å². The predicted octanol–water partition coefficient (Wildman–Crippen LogP) is 2.00. The lowest BCUT2D eigenvalue weighted by molar-refractivity contribution is -0.136. The molecule has 1 fully saturated rings. The van der Waals surface area contributed by atoms with E-state index in [0.717, 1.165) is 12.8 Å². The minimum atomic E-state index is -0.368. The molecule has 0 bridgehead atoms. The van der Waals surface area contributed by atoms with Crippen LogP contribution in [-0.4, -0.2) is 30.7 Å². The molecular formula is C13H27ClN2O2. The predicted molar refractivity (Wildman–Crippen MR) is 75.9 cm³/mol. The summed E-state index contributed by atoms with van der Waals surface area (Å²) in [5, 5.41) is 2.85. The summed E-state index contributed by atoms with van der Waals surface area (Å²) < 4.78 is 5.83. The van der Waals surface area contributed by atoms with E-state index in [9.17, 15) is 4.79 Å². The number of nitrogens with two attached hydrogens (primary N) is 1. The normalized spacial score (nSPS) is 20.4. The molecule has 0 aromatic carbocycles. The van der Waals surface area contributed by atoms with Crippen LogP contribution in [-0.2, 0) is 9.53 Å². The summed E-state index contributed by atoms with van der Waals surface area (Å²) in [6.07, 6.45) is 7.10. The van der Waals surface area contributed by atoms with Gasteiger partial charge in [-0.15, -0.1) is 12.4 Å². The fourth-order valence-corrected chi connectivity index (χ4v) is 2.15. The van der Waals surface area contributed by atoms with E-state index in [2.05, 4.69) is 5.32 Å². The van der Waals surface area contributed by atoms with Crippen LogP contribution in [0.1, 0.15) is 52.4 Å². The summed E-state index contributed by atoms with van der Waals surface area (Å²) in [4.78, 5) is 11.8. The third-order valence-electron chi connectivity index (χ3n) is 3.31. The molecule has 0 saturated heterocycles. The van der Waals surface area contributed by atoms with Crippen LogP contribution in [0.3, 0.4) is 0 Å². The van der Waals surface area contributed by atoms with Gasteiger partial charge in [-0.1, -0.05) is 25.7 Å². The largest absolute Gasteiger partial charge is 0.365 e. The maximum absolute atomic E-state index is 11.8. The standard InChI is InChI=1S/C13H26N2O2.ClH/c1-10(9-14)15-13(16)11(2)17-12-7-5-3-4-6-8-12;/h10-12H,3-9,14H2,1-2H3,(H,15,16);1H/t10-,11?;/m0./s1. The van der Waals surface area contributed by atoms with Crippen LogP contribution in [0.5, 0.6) is 0 Å². The molecule has 0 aromatic rings. The van der Waals surface area contributed by atoms with E-state index in [1.165, 1.54) is 25.7 Å². The number of nitrogens with one attached hydrogen (secondary N) is 1. The molecule has 0 heterocycles. The van der Waals surface area contributed by atoms with Crippen LogP contribution >= 0.6 is 12.4 Å². The Labute approximate surface area is 116 Å². The van der Waals surface area contributed by atoms with Crippen molar-refractivity contribution >= 4 is 18.3 Å². The van der Waals surface area contributed by atoms with Gasteiger partial charge in [-0.3, -0.25) is 4.79 Å². The highest BCUT2D eigenvalue weighted by Crippen LogP contribution is 2.20. The molecule has 1 unspecified atom stereocenters. The van der Waals surface area contributed by atoms with Crippen LogP contribution in [0.4, 0.5) is 0 Å². The topological polar surface area (TPSA) is 64.3 Å². The van der Waals surface area contributed by atoms with E-state index in [1.807, 2.05) is 13.8 Å². The molecule has 5 heteroatoms. The van der Waals surface area contributed by atoms with E-state index in [1.54, 1.807) is 0 Å². The first-order valence-corrected chi connectivity index (χ1v) is 6.79. The van der Waals surface area contributed by atoms with Crippen LogP contribution in [0.2, 0.25) is 0 Å². The molecule has 1 amide bonds. The SMILES string of the molecule is CC(OC1CCCCCC1)C(=O)N[C@@H](C)CN.Cl. The molecular weight excluding hydrogens is 252 g/mol. The highest BCUT2D eigenvalue weighted by Gasteiger charge is 2.21. The van der Waals surface area contributed by atoms with E-state index in [4.69, 9.17) is 10.5 Å². The van der Waals surface area contributed by atoms with Crippen molar-refractivity contribution < 1.29 is 9.53 Å². The van der Waals surface area contributed by atoms with Crippen molar-refractivity contribution in [2.45, 2.75) is 70.6 Å². The number of carbonyl (C=O) groups excluding carboxylic acids is 1. The molecule has 1 rings (SSSR count). The van der Waals surface area contributed by atoms with Crippen molar-refractivity contribution in [1.82, 2.24) is 5.32 Å². The van der Waals surface area contributed by atoms with Crippen molar-refractivity contribution in [3.05, 3.63) is 0 Å². The number of hydrogen-bond acceptors (Lipinski definition) is 3. The Balaban J connectivity index is 0.00000289. The first kappa shape index (κ1) is 17.7. The van der Waals surface area contributed by atoms with E-state index in [-0.39, 0.29) is 36.6 Å². The van der Waals surface area contributed by atoms with Crippen LogP contribution in [0.25, 0.3) is 0 Å². The average molecular weight is 279 g/mol. The molecule has 0 radical (unpaired) electrons. The third kappa shape index (κ3) is 6.57. The van der Waals surface area contributed by atoms with Crippen molar-refractivity contribution in [2.75, 3.05) is 6.54 Å². The van der Waals surface area contributed by atoms with Gasteiger partial charge in [0, 0.05) is 12.6 Å². The summed E-state index contributed by atoms with van der Waals surface area (Å²) in [6.45, 7) is 4.18. The smallest absolute Gasteiger partial charge is 0.249 e. The zero-order valence-corrected chi connectivity index (χ0v) is 12.3. The maximum atomic E-state index is 11.8. The summed E-state index contributed by atoms with van der Waals surface area (Å²) in [5.41, 5.74) is 5.47. The minimum absolute atomic E-state index is 0. The van der Waals surface area contributed by atoms with E-state index < -0.39 is 0 Å². The van der Waals surface area contributed by atoms with Gasteiger partial charge in [0.1, 0.15) is 6.10 Å². The van der Waals surface area contributed by atoms with Gasteiger partial charge in [0.2, 0.25) is 5.91 Å². The van der Waals surface area contributed by atoms with Crippen molar-refractivity contribution in [1.29, 1.82) is 0 Å². The zero-order valence-electron chi connectivity index (χ0n) is 11.5. The number of ether oxygens (including phenoxy) is 1. The van der Waals surface area contributed by atoms with Gasteiger partial charge in [0.15, 0.2) is 0 Å². The van der Waals surface area contributed by atoms with Gasteiger partial charge in [-0.05, 0) is 26.7 Å². The number of rotatable bonds is 5. The second-order valence-electron chi connectivity index (χ2n) is 5.04. The fourth-order valence-electron chi connectivity index (χ4n) is 2.15. The molecule has 108 valence electrons. The molecule has 1 aliphatic carbocycles. The summed E-state index contributed by atoms with van der Waals surface area (Å²) in [6, 6.07) is 0.0164. The Bertz CT molecular complexity index is 231. The fraction of sp³-hybridized carbons (Fsp3) is 0.923. The van der Waals surface area contributed by atoms with Crippen molar-refractivity contribution in [3.8, 4) is 0 Å². The first-order chi connectivity index (χ1) is 8.13. The quantitative estimate of drug-likeness (QED) is 0.756. The summed E-state index contributed by atoms with van der Waals surface area (Å²) in [5.74, 6) is -0.0489. The number of halogens is 1. The Morgan fingerprint density at radius 1 is 1.28 bits per heavy atom. The van der Waals surface area contributed by atoms with Gasteiger partial charge in [0.25, 0.3) is 0 Å². The van der Waals surface area contributed by atoms with Gasteiger partial charge in [0.05, 0.1) is 6.10 Å². The molecule has 0 spiro atoms. The lowest BCUT2D eigenvalue weighted by atomic mass is 10.1. The molecule has 2 atom stereocenters. The monoisotopic (exact) mass is 278 g/mol. The van der Waals surface area contributed by atoms with Gasteiger partial charge in [-0.25, -0.2) is 0 Å². The van der Waals surface area contributed by atoms with Crippen LogP contribution < -0.4 is 11.1 Å². The molecule has 4 nitrogen and oxygen atoms in total. The lowest BCUT2D eigenvalue weighted by Gasteiger charge is -2.22. The Kier molecular flexibility index (Phi) is 9.42. The number of amides is 1. The van der Waals surface area contributed by atoms with E-state index >= 15 is 0 Å². The first-order valence-electron chi connectivity index (χ1n) is 6.79. The van der Waals surface area contributed by atoms with Gasteiger partial charge < -0.3 is 15.8 Å². The van der Waals surface area contributed by atoms with E-state index in [0.29, 0.717) is 6.54 Å². The molecule has 1 saturated carbocycles. The minimum Gasteiger partial charge on any atom is -0.365 e. The number of hydrogen-bond donors (Lipinski definition) is 2. The second kappa shape index (κ2) is 9.59. The summed E-state index contributed by atoms with van der Waals surface area (Å²) >= 11 is 0. The summed E-state index contributed by atoms with van der Waals surface area (Å²) in [7, 11) is 0. The Morgan fingerprint density at radius 3 is 2.33 bits per heavy atom. The second-order valence-corrected chi connectivity index (χ2v) is 5.04.